The fraction of sp³-hybridized carbons (Fsp3) is 0.176. The molecular weight excluding hydrogens is 284 g/mol. The summed E-state index contributed by atoms with van der Waals surface area (Å²) in [5, 5.41) is 8.78. The van der Waals surface area contributed by atoms with Gasteiger partial charge in [0.25, 0.3) is 0 Å². The van der Waals surface area contributed by atoms with E-state index in [1.807, 2.05) is 26.0 Å². The maximum atomic E-state index is 11.7. The molecule has 5 nitrogen and oxygen atoms in total. The van der Waals surface area contributed by atoms with Crippen molar-refractivity contribution in [2.75, 3.05) is 6.61 Å². The fourth-order valence-electron chi connectivity index (χ4n) is 1.77. The van der Waals surface area contributed by atoms with Gasteiger partial charge < -0.3 is 14.6 Å². The van der Waals surface area contributed by atoms with Gasteiger partial charge in [0.1, 0.15) is 11.5 Å². The number of hydrogen-bond acceptors (Lipinski definition) is 4. The van der Waals surface area contributed by atoms with Crippen molar-refractivity contribution in [3.8, 4) is 11.5 Å². The first-order valence-corrected chi connectivity index (χ1v) is 6.70. The highest BCUT2D eigenvalue weighted by Crippen LogP contribution is 2.17. The van der Waals surface area contributed by atoms with Crippen molar-refractivity contribution in [1.29, 1.82) is 0 Å². The molecule has 0 aliphatic heterocycles. The predicted octanol–water partition coefficient (Wildman–Crippen LogP) is 2.99. The molecule has 114 valence electrons. The van der Waals surface area contributed by atoms with E-state index in [9.17, 15) is 9.59 Å². The Kier molecular flexibility index (Phi) is 4.78. The minimum atomic E-state index is -1.03. The van der Waals surface area contributed by atoms with Gasteiger partial charge in [0.2, 0.25) is 0 Å². The van der Waals surface area contributed by atoms with Crippen molar-refractivity contribution in [1.82, 2.24) is 0 Å². The van der Waals surface area contributed by atoms with E-state index >= 15 is 0 Å². The molecule has 0 aliphatic carbocycles. The lowest BCUT2D eigenvalue weighted by Gasteiger charge is -2.08. The van der Waals surface area contributed by atoms with Crippen molar-refractivity contribution in [2.24, 2.45) is 0 Å². The second kappa shape index (κ2) is 6.76. The third kappa shape index (κ3) is 4.09. The van der Waals surface area contributed by atoms with Crippen LogP contribution in [-0.2, 0) is 4.79 Å². The molecule has 2 aromatic carbocycles. The summed E-state index contributed by atoms with van der Waals surface area (Å²) in [6.45, 7) is 3.74. The lowest BCUT2D eigenvalue weighted by atomic mass is 10.1. The van der Waals surface area contributed by atoms with E-state index in [2.05, 4.69) is 0 Å². The molecule has 1 N–H and O–H groups in total. The molecule has 0 spiro atoms. The molecule has 0 saturated heterocycles. The maximum absolute atomic E-state index is 11.7. The van der Waals surface area contributed by atoms with Gasteiger partial charge in [-0.15, -0.1) is 0 Å². The topological polar surface area (TPSA) is 72.8 Å². The van der Waals surface area contributed by atoms with E-state index in [-0.39, 0.29) is 17.9 Å². The SMILES string of the molecule is Cc1ccc(OCC(=O)Oc2ccc(C(=O)O)cc2)cc1C. The molecule has 0 unspecified atom stereocenters. The van der Waals surface area contributed by atoms with Gasteiger partial charge in [0.05, 0.1) is 5.56 Å². The van der Waals surface area contributed by atoms with E-state index in [1.54, 1.807) is 6.07 Å². The molecule has 0 aromatic heterocycles. The molecule has 0 amide bonds. The van der Waals surface area contributed by atoms with Crippen molar-refractivity contribution >= 4 is 11.9 Å². The van der Waals surface area contributed by atoms with Crippen LogP contribution in [0.4, 0.5) is 0 Å². The maximum Gasteiger partial charge on any atom is 0.349 e. The first kappa shape index (κ1) is 15.6. The summed E-state index contributed by atoms with van der Waals surface area (Å²) in [7, 11) is 0. The van der Waals surface area contributed by atoms with Crippen LogP contribution in [0.5, 0.6) is 11.5 Å². The molecular formula is C17H16O5. The summed E-state index contributed by atoms with van der Waals surface area (Å²) < 4.78 is 10.4. The summed E-state index contributed by atoms with van der Waals surface area (Å²) in [5.41, 5.74) is 2.36. The van der Waals surface area contributed by atoms with Crippen molar-refractivity contribution in [3.05, 3.63) is 59.2 Å². The molecule has 22 heavy (non-hydrogen) atoms. The van der Waals surface area contributed by atoms with Gasteiger partial charge in [-0.3, -0.25) is 0 Å². The Labute approximate surface area is 128 Å². The molecule has 0 fully saturated rings. The fourth-order valence-corrected chi connectivity index (χ4v) is 1.77. The van der Waals surface area contributed by atoms with Crippen LogP contribution in [0.1, 0.15) is 21.5 Å². The molecule has 0 heterocycles. The predicted molar refractivity (Wildman–Crippen MR) is 80.4 cm³/mol. The number of carboxylic acid groups (broad SMARTS) is 1. The van der Waals surface area contributed by atoms with Gasteiger partial charge in [0.15, 0.2) is 6.61 Å². The normalized spacial score (nSPS) is 10.1. The van der Waals surface area contributed by atoms with Crippen LogP contribution in [0, 0.1) is 13.8 Å². The standard InChI is InChI=1S/C17H16O5/c1-11-3-6-15(9-12(11)2)21-10-16(18)22-14-7-4-13(5-8-14)17(19)20/h3-9H,10H2,1-2H3,(H,19,20). The highest BCUT2D eigenvalue weighted by molar-refractivity contribution is 5.87. The second-order valence-corrected chi connectivity index (χ2v) is 4.84. The van der Waals surface area contributed by atoms with Gasteiger partial charge >= 0.3 is 11.9 Å². The Bertz CT molecular complexity index is 689. The number of carbonyl (C=O) groups is 2. The number of carboxylic acids is 1. The average molecular weight is 300 g/mol. The quantitative estimate of drug-likeness (QED) is 0.679. The number of benzene rings is 2. The molecule has 0 bridgehead atoms. The van der Waals surface area contributed by atoms with Crippen molar-refractivity contribution < 1.29 is 24.2 Å². The number of ether oxygens (including phenoxy) is 2. The van der Waals surface area contributed by atoms with Crippen LogP contribution in [0.25, 0.3) is 0 Å². The van der Waals surface area contributed by atoms with Gasteiger partial charge in [-0.2, -0.15) is 0 Å². The molecule has 2 rings (SSSR count). The number of aryl methyl sites for hydroxylation is 2. The van der Waals surface area contributed by atoms with E-state index in [0.29, 0.717) is 5.75 Å². The number of hydrogen-bond donors (Lipinski definition) is 1. The van der Waals surface area contributed by atoms with Gasteiger partial charge in [0, 0.05) is 0 Å². The van der Waals surface area contributed by atoms with Crippen molar-refractivity contribution in [2.45, 2.75) is 13.8 Å². The zero-order valence-corrected chi connectivity index (χ0v) is 12.3. The summed E-state index contributed by atoms with van der Waals surface area (Å²) in [6.07, 6.45) is 0. The first-order valence-electron chi connectivity index (χ1n) is 6.70. The highest BCUT2D eigenvalue weighted by Gasteiger charge is 2.08. The van der Waals surface area contributed by atoms with E-state index in [0.717, 1.165) is 11.1 Å². The summed E-state index contributed by atoms with van der Waals surface area (Å²) in [6, 6.07) is 11.2. The number of rotatable bonds is 5. The summed E-state index contributed by atoms with van der Waals surface area (Å²) in [4.78, 5) is 22.4. The Morgan fingerprint density at radius 1 is 0.955 bits per heavy atom. The highest BCUT2D eigenvalue weighted by atomic mass is 16.6. The van der Waals surface area contributed by atoms with Gasteiger partial charge in [-0.1, -0.05) is 6.07 Å². The molecule has 0 atom stereocenters. The minimum Gasteiger partial charge on any atom is -0.482 e. The van der Waals surface area contributed by atoms with Crippen molar-refractivity contribution in [3.63, 3.8) is 0 Å². The Hall–Kier alpha value is -2.82. The Morgan fingerprint density at radius 3 is 2.18 bits per heavy atom. The van der Waals surface area contributed by atoms with Crippen LogP contribution in [-0.4, -0.2) is 23.7 Å². The largest absolute Gasteiger partial charge is 0.482 e. The third-order valence-corrected chi connectivity index (χ3v) is 3.17. The van der Waals surface area contributed by atoms with Crippen LogP contribution in [0.15, 0.2) is 42.5 Å². The van der Waals surface area contributed by atoms with Gasteiger partial charge in [-0.25, -0.2) is 9.59 Å². The van der Waals surface area contributed by atoms with Crippen LogP contribution >= 0.6 is 0 Å². The number of carbonyl (C=O) groups excluding carboxylic acids is 1. The van der Waals surface area contributed by atoms with Crippen LogP contribution < -0.4 is 9.47 Å². The molecule has 2 aromatic rings. The summed E-state index contributed by atoms with van der Waals surface area (Å²) >= 11 is 0. The Balaban J connectivity index is 1.89. The zero-order chi connectivity index (χ0) is 16.1. The molecule has 5 heteroatoms. The van der Waals surface area contributed by atoms with Crippen LogP contribution in [0.2, 0.25) is 0 Å². The first-order chi connectivity index (χ1) is 10.5. The second-order valence-electron chi connectivity index (χ2n) is 4.84. The van der Waals surface area contributed by atoms with E-state index in [1.165, 1.54) is 24.3 Å². The summed E-state index contributed by atoms with van der Waals surface area (Å²) in [5.74, 6) is -0.711. The number of aromatic carboxylic acids is 1. The van der Waals surface area contributed by atoms with Crippen LogP contribution in [0.3, 0.4) is 0 Å². The minimum absolute atomic E-state index is 0.131. The average Bonchev–Trinajstić information content (AvgIpc) is 2.49. The van der Waals surface area contributed by atoms with Gasteiger partial charge in [-0.05, 0) is 61.4 Å². The van der Waals surface area contributed by atoms with E-state index < -0.39 is 11.9 Å². The molecule has 0 radical (unpaired) electrons. The third-order valence-electron chi connectivity index (χ3n) is 3.17. The lowest BCUT2D eigenvalue weighted by molar-refractivity contribution is -0.136. The Morgan fingerprint density at radius 2 is 1.59 bits per heavy atom. The smallest absolute Gasteiger partial charge is 0.349 e. The molecule has 0 saturated carbocycles. The zero-order valence-electron chi connectivity index (χ0n) is 12.3. The lowest BCUT2D eigenvalue weighted by Crippen LogP contribution is -2.17. The van der Waals surface area contributed by atoms with E-state index in [4.69, 9.17) is 14.6 Å². The molecule has 0 aliphatic rings. The monoisotopic (exact) mass is 300 g/mol. The number of esters is 1.